The van der Waals surface area contributed by atoms with Gasteiger partial charge in [-0.15, -0.1) is 0 Å². The van der Waals surface area contributed by atoms with Gasteiger partial charge in [0, 0.05) is 48.3 Å². The number of hydrogen-bond donors (Lipinski definition) is 1. The van der Waals surface area contributed by atoms with Crippen molar-refractivity contribution in [3.63, 3.8) is 0 Å². The maximum Gasteiger partial charge on any atom is 0.282 e. The highest BCUT2D eigenvalue weighted by Gasteiger charge is 2.29. The molecule has 1 aromatic heterocycles. The molecular weight excluding hydrogens is 322 g/mol. The van der Waals surface area contributed by atoms with Gasteiger partial charge in [0.1, 0.15) is 0 Å². The maximum absolute atomic E-state index is 12.6. The summed E-state index contributed by atoms with van der Waals surface area (Å²) < 4.78 is 28.4. The lowest BCUT2D eigenvalue weighted by molar-refractivity contribution is 0.363. The fourth-order valence-electron chi connectivity index (χ4n) is 3.49. The normalized spacial score (nSPS) is 16.8. The lowest BCUT2D eigenvalue weighted by atomic mass is 9.97. The number of aryl methyl sites for hydroxylation is 1. The van der Waals surface area contributed by atoms with E-state index in [0.29, 0.717) is 26.2 Å². The molecule has 1 aliphatic heterocycles. The molecule has 24 heavy (non-hydrogen) atoms. The summed E-state index contributed by atoms with van der Waals surface area (Å²) in [5.74, 6) is 0. The maximum atomic E-state index is 12.6. The molecule has 130 valence electrons. The first-order valence-electron chi connectivity index (χ1n) is 8.51. The Morgan fingerprint density at radius 2 is 1.92 bits per heavy atom. The van der Waals surface area contributed by atoms with Crippen LogP contribution in [0, 0.1) is 6.92 Å². The van der Waals surface area contributed by atoms with E-state index in [1.807, 2.05) is 26.0 Å². The molecule has 0 spiro atoms. The Balaban J connectivity index is 1.89. The average molecular weight is 347 g/mol. The Morgan fingerprint density at radius 3 is 2.54 bits per heavy atom. The minimum Gasteiger partial charge on any atom is -0.358 e. The quantitative estimate of drug-likeness (QED) is 0.903. The molecule has 0 fully saturated rings. The van der Waals surface area contributed by atoms with Gasteiger partial charge in [-0.3, -0.25) is 0 Å². The topological polar surface area (TPSA) is 56.4 Å². The van der Waals surface area contributed by atoms with E-state index in [-0.39, 0.29) is 0 Å². The largest absolute Gasteiger partial charge is 0.358 e. The summed E-state index contributed by atoms with van der Waals surface area (Å²) in [5, 5.41) is 1.21. The molecule has 1 aliphatic rings. The minimum atomic E-state index is -3.35. The van der Waals surface area contributed by atoms with Gasteiger partial charge in [-0.1, -0.05) is 38.1 Å². The minimum absolute atomic E-state index is 0.438. The summed E-state index contributed by atoms with van der Waals surface area (Å²) in [5.41, 5.74) is 4.73. The molecule has 2 aromatic rings. The second-order valence-corrected chi connectivity index (χ2v) is 8.03. The number of hydrogen-bond acceptors (Lipinski definition) is 2. The van der Waals surface area contributed by atoms with E-state index >= 15 is 0 Å². The van der Waals surface area contributed by atoms with Gasteiger partial charge in [-0.05, 0) is 25.0 Å². The van der Waals surface area contributed by atoms with Crippen molar-refractivity contribution in [3.05, 3.63) is 41.6 Å². The number of aromatic nitrogens is 1. The highest BCUT2D eigenvalue weighted by molar-refractivity contribution is 7.86. The molecule has 5 nitrogen and oxygen atoms in total. The first kappa shape index (κ1) is 17.2. The zero-order valence-electron chi connectivity index (χ0n) is 14.5. The van der Waals surface area contributed by atoms with E-state index in [1.54, 1.807) is 4.31 Å². The first-order chi connectivity index (χ1) is 11.5. The standard InChI is InChI=1S/C18H25N3O2S/c1-4-20(5-2)24(22,23)21-12-10-15(11-13-21)18-14(3)19-17-9-7-6-8-16(17)18/h6-10,19H,4-5,11-13H2,1-3H3. The predicted octanol–water partition coefficient (Wildman–Crippen LogP) is 3.15. The van der Waals surface area contributed by atoms with Gasteiger partial charge in [0.2, 0.25) is 0 Å². The molecule has 2 heterocycles. The second-order valence-electron chi connectivity index (χ2n) is 6.10. The number of aromatic amines is 1. The zero-order valence-corrected chi connectivity index (χ0v) is 15.4. The molecule has 0 amide bonds. The average Bonchev–Trinajstić information content (AvgIpc) is 2.91. The molecule has 0 aliphatic carbocycles. The van der Waals surface area contributed by atoms with Crippen LogP contribution >= 0.6 is 0 Å². The second kappa shape index (κ2) is 6.70. The van der Waals surface area contributed by atoms with Crippen molar-refractivity contribution < 1.29 is 8.42 Å². The number of nitrogens with one attached hydrogen (secondary N) is 1. The van der Waals surface area contributed by atoms with Crippen molar-refractivity contribution >= 4 is 26.7 Å². The molecule has 0 radical (unpaired) electrons. The molecule has 1 N–H and O–H groups in total. The highest BCUT2D eigenvalue weighted by atomic mass is 32.2. The van der Waals surface area contributed by atoms with Gasteiger partial charge in [0.25, 0.3) is 10.2 Å². The van der Waals surface area contributed by atoms with Crippen molar-refractivity contribution in [2.45, 2.75) is 27.2 Å². The van der Waals surface area contributed by atoms with Crippen LogP contribution in [-0.2, 0) is 10.2 Å². The third-order valence-electron chi connectivity index (χ3n) is 4.74. The Bertz CT molecular complexity index is 864. The van der Waals surface area contributed by atoms with Crippen LogP contribution in [0.2, 0.25) is 0 Å². The van der Waals surface area contributed by atoms with Crippen LogP contribution in [0.1, 0.15) is 31.5 Å². The number of benzene rings is 1. The van der Waals surface area contributed by atoms with E-state index in [9.17, 15) is 8.42 Å². The Kier molecular flexibility index (Phi) is 4.80. The van der Waals surface area contributed by atoms with Crippen LogP contribution in [0.15, 0.2) is 30.3 Å². The third kappa shape index (κ3) is 2.90. The molecule has 0 atom stereocenters. The molecule has 0 saturated carbocycles. The number of fused-ring (bicyclic) bond motifs is 1. The van der Waals surface area contributed by atoms with Crippen LogP contribution in [0.3, 0.4) is 0 Å². The molecule has 6 heteroatoms. The lowest BCUT2D eigenvalue weighted by Crippen LogP contribution is -2.45. The number of para-hydroxylation sites is 1. The van der Waals surface area contributed by atoms with Crippen molar-refractivity contribution in [2.75, 3.05) is 26.2 Å². The van der Waals surface area contributed by atoms with Gasteiger partial charge >= 0.3 is 0 Å². The number of rotatable bonds is 5. The summed E-state index contributed by atoms with van der Waals surface area (Å²) in [4.78, 5) is 3.42. The molecule has 0 saturated heterocycles. The van der Waals surface area contributed by atoms with Crippen molar-refractivity contribution in [1.29, 1.82) is 0 Å². The van der Waals surface area contributed by atoms with Gasteiger partial charge in [0.15, 0.2) is 0 Å². The van der Waals surface area contributed by atoms with Crippen LogP contribution in [0.5, 0.6) is 0 Å². The Morgan fingerprint density at radius 1 is 1.21 bits per heavy atom. The first-order valence-corrected chi connectivity index (χ1v) is 9.90. The SMILES string of the molecule is CCN(CC)S(=O)(=O)N1CC=C(c2c(C)[nH]c3ccccc23)CC1. The third-order valence-corrected chi connectivity index (χ3v) is 6.90. The Hall–Kier alpha value is -1.63. The van der Waals surface area contributed by atoms with Gasteiger partial charge < -0.3 is 4.98 Å². The van der Waals surface area contributed by atoms with E-state index in [0.717, 1.165) is 17.6 Å². The van der Waals surface area contributed by atoms with Crippen molar-refractivity contribution in [3.8, 4) is 0 Å². The zero-order chi connectivity index (χ0) is 17.3. The fourth-order valence-corrected chi connectivity index (χ4v) is 5.05. The predicted molar refractivity (Wildman–Crippen MR) is 99.0 cm³/mol. The molecule has 1 aromatic carbocycles. The summed E-state index contributed by atoms with van der Waals surface area (Å²) in [6.45, 7) is 7.82. The molecular formula is C18H25N3O2S. The monoisotopic (exact) mass is 347 g/mol. The smallest absolute Gasteiger partial charge is 0.282 e. The van der Waals surface area contributed by atoms with E-state index in [2.05, 4.69) is 30.1 Å². The van der Waals surface area contributed by atoms with Gasteiger partial charge in [-0.25, -0.2) is 0 Å². The van der Waals surface area contributed by atoms with Crippen molar-refractivity contribution in [2.24, 2.45) is 0 Å². The summed E-state index contributed by atoms with van der Waals surface area (Å²) in [6.07, 6.45) is 2.80. The summed E-state index contributed by atoms with van der Waals surface area (Å²) in [6, 6.07) is 8.26. The number of H-pyrrole nitrogens is 1. The summed E-state index contributed by atoms with van der Waals surface area (Å²) >= 11 is 0. The molecule has 3 rings (SSSR count). The molecule has 0 bridgehead atoms. The van der Waals surface area contributed by atoms with Crippen LogP contribution in [0.25, 0.3) is 16.5 Å². The Labute approximate surface area is 144 Å². The van der Waals surface area contributed by atoms with Crippen LogP contribution in [0.4, 0.5) is 0 Å². The highest BCUT2D eigenvalue weighted by Crippen LogP contribution is 2.32. The molecule has 0 unspecified atom stereocenters. The van der Waals surface area contributed by atoms with Gasteiger partial charge in [-0.2, -0.15) is 17.0 Å². The lowest BCUT2D eigenvalue weighted by Gasteiger charge is -2.30. The van der Waals surface area contributed by atoms with Crippen LogP contribution in [-0.4, -0.2) is 48.2 Å². The summed E-state index contributed by atoms with van der Waals surface area (Å²) in [7, 11) is -3.35. The number of nitrogens with zero attached hydrogens (tertiary/aromatic N) is 2. The van der Waals surface area contributed by atoms with Gasteiger partial charge in [0.05, 0.1) is 0 Å². The van der Waals surface area contributed by atoms with E-state index in [1.165, 1.54) is 20.8 Å². The van der Waals surface area contributed by atoms with Crippen LogP contribution < -0.4 is 0 Å². The van der Waals surface area contributed by atoms with E-state index < -0.39 is 10.2 Å². The fraction of sp³-hybridized carbons (Fsp3) is 0.444. The van der Waals surface area contributed by atoms with Crippen molar-refractivity contribution in [1.82, 2.24) is 13.6 Å². The van der Waals surface area contributed by atoms with E-state index in [4.69, 9.17) is 0 Å².